The molecule has 2 aromatic rings. The van der Waals surface area contributed by atoms with Gasteiger partial charge in [-0.3, -0.25) is 14.9 Å². The molecule has 0 atom stereocenters. The number of hydrogen-bond donors (Lipinski definition) is 1. The summed E-state index contributed by atoms with van der Waals surface area (Å²) in [6.07, 6.45) is 0.925. The van der Waals surface area contributed by atoms with E-state index in [0.717, 1.165) is 0 Å². The number of benzene rings is 2. The van der Waals surface area contributed by atoms with Gasteiger partial charge in [0.1, 0.15) is 0 Å². The van der Waals surface area contributed by atoms with Crippen LogP contribution >= 0.6 is 0 Å². The van der Waals surface area contributed by atoms with Crippen LogP contribution in [0.1, 0.15) is 23.2 Å². The molecule has 0 aliphatic carbocycles. The third kappa shape index (κ3) is 4.77. The summed E-state index contributed by atoms with van der Waals surface area (Å²) in [6.45, 7) is 0.715. The van der Waals surface area contributed by atoms with Gasteiger partial charge in [-0.25, -0.2) is 13.1 Å². The number of non-ortho nitro benzene ring substituents is 1. The number of piperidine rings is 1. The van der Waals surface area contributed by atoms with Crippen LogP contribution in [0.15, 0.2) is 53.4 Å². The van der Waals surface area contributed by atoms with Crippen molar-refractivity contribution in [3.05, 3.63) is 64.2 Å². The first kappa shape index (κ1) is 21.7. The van der Waals surface area contributed by atoms with Gasteiger partial charge in [-0.05, 0) is 31.0 Å². The molecule has 0 saturated carbocycles. The highest BCUT2D eigenvalue weighted by Crippen LogP contribution is 2.27. The van der Waals surface area contributed by atoms with Gasteiger partial charge in [0.15, 0.2) is 0 Å². The molecule has 9 nitrogen and oxygen atoms in total. The number of nitro groups is 1. The maximum atomic E-state index is 13.1. The van der Waals surface area contributed by atoms with Crippen molar-refractivity contribution in [3.63, 3.8) is 0 Å². The molecule has 0 radical (unpaired) electrons. The van der Waals surface area contributed by atoms with Crippen molar-refractivity contribution >= 4 is 27.3 Å². The highest BCUT2D eigenvalue weighted by molar-refractivity contribution is 7.89. The van der Waals surface area contributed by atoms with Crippen molar-refractivity contribution in [2.45, 2.75) is 23.8 Å². The van der Waals surface area contributed by atoms with E-state index in [1.165, 1.54) is 24.3 Å². The molecule has 0 unspecified atom stereocenters. The lowest BCUT2D eigenvalue weighted by Gasteiger charge is -2.33. The molecular weight excluding hydrogens is 408 g/mol. The second-order valence-corrected chi connectivity index (χ2v) is 9.07. The van der Waals surface area contributed by atoms with E-state index in [0.29, 0.717) is 31.6 Å². The number of carbonyl (C=O) groups is 1. The number of amides is 1. The fraction of sp³-hybridized carbons (Fsp3) is 0.350. The molecule has 1 saturated heterocycles. The summed E-state index contributed by atoms with van der Waals surface area (Å²) in [5, 5.41) is 11.1. The molecule has 1 aliphatic heterocycles. The molecule has 160 valence electrons. The molecule has 2 aromatic carbocycles. The van der Waals surface area contributed by atoms with Gasteiger partial charge in [-0.2, -0.15) is 0 Å². The molecule has 0 bridgehead atoms. The quantitative estimate of drug-likeness (QED) is 0.553. The van der Waals surface area contributed by atoms with Crippen LogP contribution in [-0.2, 0) is 10.0 Å². The highest BCUT2D eigenvalue weighted by Gasteiger charge is 2.29. The van der Waals surface area contributed by atoms with Crippen LogP contribution in [0.3, 0.4) is 0 Å². The lowest BCUT2D eigenvalue weighted by atomic mass is 10.0. The van der Waals surface area contributed by atoms with Gasteiger partial charge in [0.25, 0.3) is 11.6 Å². The average molecular weight is 433 g/mol. The number of hydrogen-bond acceptors (Lipinski definition) is 6. The maximum absolute atomic E-state index is 13.1. The van der Waals surface area contributed by atoms with E-state index in [4.69, 9.17) is 0 Å². The molecule has 0 aromatic heterocycles. The Hall–Kier alpha value is -2.98. The minimum atomic E-state index is -3.62. The predicted octanol–water partition coefficient (Wildman–Crippen LogP) is 2.24. The number of nitrogens with one attached hydrogen (secondary N) is 1. The first-order valence-corrected chi connectivity index (χ1v) is 11.0. The number of likely N-dealkylation sites (tertiary alicyclic amines) is 1. The third-order valence-electron chi connectivity index (χ3n) is 5.06. The van der Waals surface area contributed by atoms with Gasteiger partial charge in [0, 0.05) is 51.0 Å². The normalized spacial score (nSPS) is 15.1. The summed E-state index contributed by atoms with van der Waals surface area (Å²) in [6, 6.07) is 12.1. The number of sulfonamides is 1. The van der Waals surface area contributed by atoms with Gasteiger partial charge in [-0.15, -0.1) is 0 Å². The van der Waals surface area contributed by atoms with Crippen molar-refractivity contribution in [2.75, 3.05) is 32.1 Å². The fourth-order valence-electron chi connectivity index (χ4n) is 3.46. The zero-order chi connectivity index (χ0) is 21.9. The molecule has 1 heterocycles. The van der Waals surface area contributed by atoms with Crippen LogP contribution in [-0.4, -0.2) is 57.4 Å². The molecular formula is C20H24N4O5S. The van der Waals surface area contributed by atoms with Crippen molar-refractivity contribution < 1.29 is 18.1 Å². The zero-order valence-electron chi connectivity index (χ0n) is 16.8. The van der Waals surface area contributed by atoms with Gasteiger partial charge in [0.2, 0.25) is 10.0 Å². The molecule has 1 fully saturated rings. The predicted molar refractivity (Wildman–Crippen MR) is 113 cm³/mol. The Morgan fingerprint density at radius 2 is 1.77 bits per heavy atom. The molecule has 10 heteroatoms. The summed E-state index contributed by atoms with van der Waals surface area (Å²) in [7, 11) is -0.0852. The van der Waals surface area contributed by atoms with Crippen LogP contribution in [0, 0.1) is 10.1 Å². The van der Waals surface area contributed by atoms with Gasteiger partial charge in [0.05, 0.1) is 15.4 Å². The van der Waals surface area contributed by atoms with E-state index in [1.54, 1.807) is 48.2 Å². The number of rotatable bonds is 6. The van der Waals surface area contributed by atoms with E-state index in [9.17, 15) is 23.3 Å². The van der Waals surface area contributed by atoms with E-state index < -0.39 is 14.9 Å². The Morgan fingerprint density at radius 1 is 1.13 bits per heavy atom. The van der Waals surface area contributed by atoms with Crippen LogP contribution in [0.4, 0.5) is 11.4 Å². The van der Waals surface area contributed by atoms with Gasteiger partial charge < -0.3 is 9.80 Å². The number of nitrogens with zero attached hydrogens (tertiary/aromatic N) is 3. The van der Waals surface area contributed by atoms with Crippen LogP contribution < -0.4 is 9.62 Å². The molecule has 1 N–H and O–H groups in total. The van der Waals surface area contributed by atoms with Crippen molar-refractivity contribution in [2.24, 2.45) is 0 Å². The topological polar surface area (TPSA) is 113 Å². The standard InChI is InChI=1S/C20H24N4O5S/c1-22(2)19-9-8-16(24(26)27)14-18(19)20(25)23-12-10-15(11-13-23)21-30(28,29)17-6-4-3-5-7-17/h3-9,14-15,21H,10-13H2,1-2H3. The lowest BCUT2D eigenvalue weighted by molar-refractivity contribution is -0.384. The summed E-state index contributed by atoms with van der Waals surface area (Å²) in [4.78, 5) is 27.2. The number of nitro benzene ring substituents is 1. The van der Waals surface area contributed by atoms with Crippen LogP contribution in [0.5, 0.6) is 0 Å². The number of anilines is 1. The molecule has 1 amide bonds. The molecule has 0 spiro atoms. The minimum Gasteiger partial charge on any atom is -0.377 e. The van der Waals surface area contributed by atoms with Crippen molar-refractivity contribution in [1.82, 2.24) is 9.62 Å². The maximum Gasteiger partial charge on any atom is 0.270 e. The largest absolute Gasteiger partial charge is 0.377 e. The van der Waals surface area contributed by atoms with Crippen molar-refractivity contribution in [1.29, 1.82) is 0 Å². The summed E-state index contributed by atoms with van der Waals surface area (Å²) < 4.78 is 27.7. The monoisotopic (exact) mass is 432 g/mol. The first-order valence-electron chi connectivity index (χ1n) is 9.51. The molecule has 1 aliphatic rings. The summed E-state index contributed by atoms with van der Waals surface area (Å²) in [5.41, 5.74) is 0.712. The second kappa shape index (κ2) is 8.80. The SMILES string of the molecule is CN(C)c1ccc([N+](=O)[O-])cc1C(=O)N1CCC(NS(=O)(=O)c2ccccc2)CC1. The minimum absolute atomic E-state index is 0.144. The van der Waals surface area contributed by atoms with Crippen LogP contribution in [0.2, 0.25) is 0 Å². The Bertz CT molecular complexity index is 1030. The van der Waals surface area contributed by atoms with Crippen LogP contribution in [0.25, 0.3) is 0 Å². The average Bonchev–Trinajstić information content (AvgIpc) is 2.73. The van der Waals surface area contributed by atoms with E-state index >= 15 is 0 Å². The Morgan fingerprint density at radius 3 is 2.33 bits per heavy atom. The fourth-order valence-corrected chi connectivity index (χ4v) is 4.78. The smallest absolute Gasteiger partial charge is 0.270 e. The Balaban J connectivity index is 1.70. The van der Waals surface area contributed by atoms with Crippen molar-refractivity contribution in [3.8, 4) is 0 Å². The van der Waals surface area contributed by atoms with Gasteiger partial charge >= 0.3 is 0 Å². The second-order valence-electron chi connectivity index (χ2n) is 7.35. The molecule has 3 rings (SSSR count). The van der Waals surface area contributed by atoms with E-state index in [-0.39, 0.29) is 28.1 Å². The third-order valence-corrected chi connectivity index (χ3v) is 6.60. The zero-order valence-corrected chi connectivity index (χ0v) is 17.6. The first-order chi connectivity index (χ1) is 14.2. The summed E-state index contributed by atoms with van der Waals surface area (Å²) in [5.74, 6) is -0.299. The van der Waals surface area contributed by atoms with E-state index in [1.807, 2.05) is 0 Å². The Kier molecular flexibility index (Phi) is 6.37. The number of carbonyl (C=O) groups excluding carboxylic acids is 1. The van der Waals surface area contributed by atoms with E-state index in [2.05, 4.69) is 4.72 Å². The van der Waals surface area contributed by atoms with Gasteiger partial charge in [-0.1, -0.05) is 18.2 Å². The Labute approximate surface area is 175 Å². The summed E-state index contributed by atoms with van der Waals surface area (Å²) >= 11 is 0. The lowest BCUT2D eigenvalue weighted by Crippen LogP contribution is -2.46. The highest BCUT2D eigenvalue weighted by atomic mass is 32.2. The molecule has 30 heavy (non-hydrogen) atoms.